The smallest absolute Gasteiger partial charge is 0.402 e. The van der Waals surface area contributed by atoms with Gasteiger partial charge in [-0.25, -0.2) is 0 Å². The van der Waals surface area contributed by atoms with Gasteiger partial charge in [-0.2, -0.15) is 13.2 Å². The summed E-state index contributed by atoms with van der Waals surface area (Å²) < 4.78 is 45.1. The number of rotatable bonds is 4. The van der Waals surface area contributed by atoms with Crippen molar-refractivity contribution in [3.05, 3.63) is 42.0 Å². The standard InChI is InChI=1S/C16H23F3OSi/c1-15(2,3)21(4,5)20-14(16(17,18)19)12-11-13-9-7-6-8-10-13/h6-12,14H,1-5H3/b12-11+. The van der Waals surface area contributed by atoms with Crippen molar-refractivity contribution >= 4 is 14.4 Å². The zero-order chi connectivity index (χ0) is 16.3. The molecule has 1 atom stereocenters. The van der Waals surface area contributed by atoms with Crippen molar-refractivity contribution in [2.75, 3.05) is 0 Å². The van der Waals surface area contributed by atoms with E-state index < -0.39 is 20.6 Å². The highest BCUT2D eigenvalue weighted by molar-refractivity contribution is 6.74. The van der Waals surface area contributed by atoms with Gasteiger partial charge in [0.1, 0.15) is 0 Å². The fraction of sp³-hybridized carbons (Fsp3) is 0.500. The van der Waals surface area contributed by atoms with E-state index in [9.17, 15) is 13.2 Å². The van der Waals surface area contributed by atoms with Crippen LogP contribution in [0.1, 0.15) is 26.3 Å². The van der Waals surface area contributed by atoms with Crippen LogP contribution in [0.5, 0.6) is 0 Å². The fourth-order valence-corrected chi connectivity index (χ4v) is 2.67. The third kappa shape index (κ3) is 5.32. The second-order valence-electron chi connectivity index (χ2n) is 6.61. The first-order chi connectivity index (χ1) is 9.43. The molecule has 21 heavy (non-hydrogen) atoms. The highest BCUT2D eigenvalue weighted by Crippen LogP contribution is 2.39. The van der Waals surface area contributed by atoms with Gasteiger partial charge in [-0.05, 0) is 29.8 Å². The second kappa shape index (κ2) is 6.36. The molecule has 0 amide bonds. The lowest BCUT2D eigenvalue weighted by atomic mass is 10.2. The van der Waals surface area contributed by atoms with Gasteiger partial charge in [-0.15, -0.1) is 0 Å². The summed E-state index contributed by atoms with van der Waals surface area (Å²) in [6.07, 6.45) is -3.69. The van der Waals surface area contributed by atoms with E-state index >= 15 is 0 Å². The van der Waals surface area contributed by atoms with E-state index in [1.54, 1.807) is 24.3 Å². The average molecular weight is 316 g/mol. The first-order valence-electron chi connectivity index (χ1n) is 6.91. The van der Waals surface area contributed by atoms with Gasteiger partial charge in [0.05, 0.1) is 0 Å². The Morgan fingerprint density at radius 2 is 1.57 bits per heavy atom. The molecule has 0 saturated carbocycles. The van der Waals surface area contributed by atoms with E-state index in [1.807, 2.05) is 39.9 Å². The van der Waals surface area contributed by atoms with Crippen molar-refractivity contribution in [3.63, 3.8) is 0 Å². The summed E-state index contributed by atoms with van der Waals surface area (Å²) in [5, 5.41) is -0.267. The lowest BCUT2D eigenvalue weighted by Gasteiger charge is -2.39. The molecule has 1 rings (SSSR count). The molecule has 1 nitrogen and oxygen atoms in total. The van der Waals surface area contributed by atoms with E-state index in [1.165, 1.54) is 6.08 Å². The monoisotopic (exact) mass is 316 g/mol. The minimum absolute atomic E-state index is 0.267. The lowest BCUT2D eigenvalue weighted by molar-refractivity contribution is -0.182. The maximum atomic E-state index is 13.2. The van der Waals surface area contributed by atoms with Crippen LogP contribution >= 0.6 is 0 Å². The minimum atomic E-state index is -4.40. The summed E-state index contributed by atoms with van der Waals surface area (Å²) in [5.41, 5.74) is 0.727. The summed E-state index contributed by atoms with van der Waals surface area (Å²) in [4.78, 5) is 0. The molecule has 0 fully saturated rings. The number of hydrogen-bond donors (Lipinski definition) is 0. The van der Waals surface area contributed by atoms with Gasteiger partial charge in [0.25, 0.3) is 0 Å². The lowest BCUT2D eigenvalue weighted by Crippen LogP contribution is -2.47. The average Bonchev–Trinajstić information content (AvgIpc) is 2.33. The molecule has 0 radical (unpaired) electrons. The van der Waals surface area contributed by atoms with Gasteiger partial charge >= 0.3 is 6.18 Å². The third-order valence-corrected chi connectivity index (χ3v) is 8.27. The minimum Gasteiger partial charge on any atom is -0.402 e. The maximum Gasteiger partial charge on any atom is 0.417 e. The quantitative estimate of drug-likeness (QED) is 0.652. The van der Waals surface area contributed by atoms with Crippen molar-refractivity contribution < 1.29 is 17.6 Å². The predicted molar refractivity (Wildman–Crippen MR) is 83.6 cm³/mol. The third-order valence-electron chi connectivity index (χ3n) is 3.81. The summed E-state index contributed by atoms with van der Waals surface area (Å²) in [7, 11) is -2.49. The first kappa shape index (κ1) is 18.0. The Kier molecular flexibility index (Phi) is 5.44. The second-order valence-corrected chi connectivity index (χ2v) is 11.4. The molecule has 1 unspecified atom stereocenters. The van der Waals surface area contributed by atoms with Gasteiger partial charge in [0.15, 0.2) is 14.4 Å². The van der Waals surface area contributed by atoms with Crippen LogP contribution in [-0.4, -0.2) is 20.6 Å². The van der Waals surface area contributed by atoms with Crippen LogP contribution in [0.2, 0.25) is 18.1 Å². The molecule has 0 aliphatic rings. The van der Waals surface area contributed by atoms with Crippen LogP contribution in [0.15, 0.2) is 36.4 Å². The number of halogens is 3. The van der Waals surface area contributed by atoms with Crippen molar-refractivity contribution in [1.29, 1.82) is 0 Å². The van der Waals surface area contributed by atoms with Crippen molar-refractivity contribution in [2.45, 2.75) is 51.2 Å². The van der Waals surface area contributed by atoms with Crippen LogP contribution in [0, 0.1) is 0 Å². The zero-order valence-electron chi connectivity index (χ0n) is 13.2. The maximum absolute atomic E-state index is 13.2. The molecule has 5 heteroatoms. The summed E-state index contributed by atoms with van der Waals surface area (Å²) in [6.45, 7) is 9.42. The molecular formula is C16H23F3OSi. The van der Waals surface area contributed by atoms with Gasteiger partial charge in [-0.3, -0.25) is 0 Å². The van der Waals surface area contributed by atoms with Crippen LogP contribution < -0.4 is 0 Å². The normalized spacial score (nSPS) is 15.4. The molecule has 0 aliphatic heterocycles. The summed E-state index contributed by atoms with van der Waals surface area (Å²) >= 11 is 0. The summed E-state index contributed by atoms with van der Waals surface area (Å²) in [6, 6.07) is 8.92. The van der Waals surface area contributed by atoms with E-state index in [4.69, 9.17) is 4.43 Å². The Labute approximate surface area is 126 Å². The van der Waals surface area contributed by atoms with Gasteiger partial charge in [0, 0.05) is 0 Å². The Hall–Kier alpha value is -1.07. The van der Waals surface area contributed by atoms with Crippen molar-refractivity contribution in [1.82, 2.24) is 0 Å². The molecule has 0 N–H and O–H groups in total. The first-order valence-corrected chi connectivity index (χ1v) is 9.82. The highest BCUT2D eigenvalue weighted by atomic mass is 28.4. The van der Waals surface area contributed by atoms with E-state index in [2.05, 4.69) is 0 Å². The number of alkyl halides is 3. The molecule has 1 aromatic rings. The van der Waals surface area contributed by atoms with Gasteiger partial charge in [0.2, 0.25) is 0 Å². The molecule has 0 saturated heterocycles. The Balaban J connectivity index is 2.96. The van der Waals surface area contributed by atoms with Gasteiger partial charge in [-0.1, -0.05) is 57.2 Å². The molecule has 0 bridgehead atoms. The van der Waals surface area contributed by atoms with E-state index in [0.717, 1.165) is 11.6 Å². The van der Waals surface area contributed by atoms with E-state index in [0.29, 0.717) is 0 Å². The molecule has 0 spiro atoms. The van der Waals surface area contributed by atoms with Crippen molar-refractivity contribution in [2.24, 2.45) is 0 Å². The SMILES string of the molecule is CC(C)(C)[Si](C)(C)OC(/C=C/c1ccccc1)C(F)(F)F. The Morgan fingerprint density at radius 3 is 2.00 bits per heavy atom. The molecule has 118 valence electrons. The predicted octanol–water partition coefficient (Wildman–Crippen LogP) is 5.65. The Morgan fingerprint density at radius 1 is 1.05 bits per heavy atom. The molecule has 0 aliphatic carbocycles. The zero-order valence-corrected chi connectivity index (χ0v) is 14.2. The fourth-order valence-electron chi connectivity index (χ4n) is 1.47. The van der Waals surface area contributed by atoms with Crippen LogP contribution in [0.4, 0.5) is 13.2 Å². The van der Waals surface area contributed by atoms with Crippen LogP contribution in [0.3, 0.4) is 0 Å². The Bertz CT molecular complexity index is 473. The summed E-state index contributed by atoms with van der Waals surface area (Å²) in [5.74, 6) is 0. The van der Waals surface area contributed by atoms with E-state index in [-0.39, 0.29) is 5.04 Å². The molecule has 1 aromatic carbocycles. The topological polar surface area (TPSA) is 9.23 Å². The molecule has 0 heterocycles. The van der Waals surface area contributed by atoms with Crippen molar-refractivity contribution in [3.8, 4) is 0 Å². The number of benzene rings is 1. The van der Waals surface area contributed by atoms with Gasteiger partial charge < -0.3 is 4.43 Å². The molecular weight excluding hydrogens is 293 g/mol. The number of hydrogen-bond acceptors (Lipinski definition) is 1. The molecule has 0 aromatic heterocycles. The van der Waals surface area contributed by atoms with Crippen LogP contribution in [-0.2, 0) is 4.43 Å². The van der Waals surface area contributed by atoms with Crippen LogP contribution in [0.25, 0.3) is 6.08 Å². The highest BCUT2D eigenvalue weighted by Gasteiger charge is 2.46. The largest absolute Gasteiger partial charge is 0.417 e.